The van der Waals surface area contributed by atoms with Crippen molar-refractivity contribution in [3.63, 3.8) is 0 Å². The highest BCUT2D eigenvalue weighted by Crippen LogP contribution is 2.24. The number of rotatable bonds is 3. The summed E-state index contributed by atoms with van der Waals surface area (Å²) in [6.07, 6.45) is 7.84. The molecule has 0 heterocycles. The molecule has 0 unspecified atom stereocenters. The summed E-state index contributed by atoms with van der Waals surface area (Å²) in [4.78, 5) is 2.32. The summed E-state index contributed by atoms with van der Waals surface area (Å²) < 4.78 is 0. The number of hydrogen-bond donors (Lipinski definition) is 0. The summed E-state index contributed by atoms with van der Waals surface area (Å²) in [6, 6.07) is 7.18. The summed E-state index contributed by atoms with van der Waals surface area (Å²) >= 11 is 0. The van der Waals surface area contributed by atoms with Crippen LogP contribution in [0.2, 0.25) is 0 Å². The molecule has 0 saturated heterocycles. The highest BCUT2D eigenvalue weighted by Gasteiger charge is 2.21. The monoisotopic (exact) mass is 281 g/mol. The van der Waals surface area contributed by atoms with E-state index in [2.05, 4.69) is 51.0 Å². The maximum Gasteiger partial charge on any atom is 0.0187 e. The minimum absolute atomic E-state index is 0. The van der Waals surface area contributed by atoms with Crippen molar-refractivity contribution < 1.29 is 0 Å². The minimum Gasteiger partial charge on any atom is -0.304 e. The zero-order valence-corrected chi connectivity index (χ0v) is 13.6. The van der Waals surface area contributed by atoms with Crippen molar-refractivity contribution in [3.8, 4) is 0 Å². The molecule has 0 aromatic heterocycles. The van der Waals surface area contributed by atoms with Crippen molar-refractivity contribution in [2.24, 2.45) is 0 Å². The van der Waals surface area contributed by atoms with Gasteiger partial charge in [0.1, 0.15) is 0 Å². The number of aryl methyl sites for hydroxylation is 2. The molecule has 1 aliphatic carbocycles. The molecule has 0 aliphatic heterocycles. The van der Waals surface area contributed by atoms with Crippen LogP contribution in [0.4, 0.5) is 0 Å². The second-order valence-electron chi connectivity index (χ2n) is 6.55. The van der Waals surface area contributed by atoms with Gasteiger partial charge in [-0.3, -0.25) is 0 Å². The standard InChI is InChI=1S/C17H27N.ClH/c1-17(2,18(3)4)13-14-10-11-15-8-6-5-7-9-16(15)12-14;/h10-12H,5-9,13H2,1-4H3;1H. The Hall–Kier alpha value is -0.530. The van der Waals surface area contributed by atoms with Crippen molar-refractivity contribution in [1.29, 1.82) is 0 Å². The van der Waals surface area contributed by atoms with E-state index in [1.54, 1.807) is 11.1 Å². The molecule has 2 heteroatoms. The molecule has 0 saturated carbocycles. The molecule has 0 bridgehead atoms. The summed E-state index contributed by atoms with van der Waals surface area (Å²) in [5, 5.41) is 0. The SMILES string of the molecule is CN(C)C(C)(C)Cc1ccc2c(c1)CCCCC2.Cl. The Kier molecular flexibility index (Phi) is 5.88. The maximum absolute atomic E-state index is 2.46. The van der Waals surface area contributed by atoms with Crippen LogP contribution < -0.4 is 0 Å². The molecule has 0 N–H and O–H groups in total. The Labute approximate surface area is 124 Å². The lowest BCUT2D eigenvalue weighted by molar-refractivity contribution is 0.195. The number of halogens is 1. The topological polar surface area (TPSA) is 3.24 Å². The molecule has 1 aliphatic rings. The van der Waals surface area contributed by atoms with Crippen LogP contribution in [0.25, 0.3) is 0 Å². The van der Waals surface area contributed by atoms with Gasteiger partial charge in [0.2, 0.25) is 0 Å². The van der Waals surface area contributed by atoms with Gasteiger partial charge in [-0.2, -0.15) is 0 Å². The third-order valence-electron chi connectivity index (χ3n) is 4.51. The van der Waals surface area contributed by atoms with E-state index in [0.29, 0.717) is 0 Å². The molecule has 0 spiro atoms. The van der Waals surface area contributed by atoms with E-state index < -0.39 is 0 Å². The van der Waals surface area contributed by atoms with E-state index in [0.717, 1.165) is 6.42 Å². The van der Waals surface area contributed by atoms with Crippen LogP contribution in [-0.2, 0) is 19.3 Å². The molecule has 108 valence electrons. The molecule has 0 radical (unpaired) electrons. The first-order valence-electron chi connectivity index (χ1n) is 7.27. The number of hydrogen-bond acceptors (Lipinski definition) is 1. The first-order valence-corrected chi connectivity index (χ1v) is 7.27. The van der Waals surface area contributed by atoms with Gasteiger partial charge in [0.15, 0.2) is 0 Å². The van der Waals surface area contributed by atoms with Gasteiger partial charge >= 0.3 is 0 Å². The van der Waals surface area contributed by atoms with Gasteiger partial charge in [-0.1, -0.05) is 24.6 Å². The van der Waals surface area contributed by atoms with E-state index in [1.807, 2.05) is 0 Å². The fourth-order valence-electron chi connectivity index (χ4n) is 2.73. The predicted octanol–water partition coefficient (Wildman–Crippen LogP) is 4.26. The lowest BCUT2D eigenvalue weighted by Crippen LogP contribution is -2.40. The van der Waals surface area contributed by atoms with Gasteiger partial charge in [0.05, 0.1) is 0 Å². The van der Waals surface area contributed by atoms with E-state index in [4.69, 9.17) is 0 Å². The smallest absolute Gasteiger partial charge is 0.0187 e. The first kappa shape index (κ1) is 16.5. The van der Waals surface area contributed by atoms with E-state index in [-0.39, 0.29) is 17.9 Å². The maximum atomic E-state index is 2.46. The first-order chi connectivity index (χ1) is 8.49. The molecule has 2 rings (SSSR count). The second kappa shape index (κ2) is 6.76. The molecule has 0 fully saturated rings. The Bertz CT molecular complexity index is 410. The highest BCUT2D eigenvalue weighted by molar-refractivity contribution is 5.85. The van der Waals surface area contributed by atoms with Crippen LogP contribution in [0.5, 0.6) is 0 Å². The Morgan fingerprint density at radius 2 is 1.63 bits per heavy atom. The summed E-state index contributed by atoms with van der Waals surface area (Å²) in [5.41, 5.74) is 4.94. The average Bonchev–Trinajstić information content (AvgIpc) is 2.52. The summed E-state index contributed by atoms with van der Waals surface area (Å²) in [6.45, 7) is 4.64. The molecule has 0 atom stereocenters. The number of nitrogens with zero attached hydrogens (tertiary/aromatic N) is 1. The van der Waals surface area contributed by atoms with Gasteiger partial charge in [-0.05, 0) is 76.7 Å². The van der Waals surface area contributed by atoms with Gasteiger partial charge in [0, 0.05) is 5.54 Å². The van der Waals surface area contributed by atoms with Crippen molar-refractivity contribution in [2.75, 3.05) is 14.1 Å². The van der Waals surface area contributed by atoms with Gasteiger partial charge in [-0.15, -0.1) is 12.4 Å². The van der Waals surface area contributed by atoms with E-state index in [1.165, 1.54) is 37.7 Å². The van der Waals surface area contributed by atoms with Crippen molar-refractivity contribution in [3.05, 3.63) is 34.9 Å². The number of fused-ring (bicyclic) bond motifs is 1. The second-order valence-corrected chi connectivity index (χ2v) is 6.55. The van der Waals surface area contributed by atoms with Crippen LogP contribution in [0.1, 0.15) is 49.8 Å². The lowest BCUT2D eigenvalue weighted by atomic mass is 9.91. The normalized spacial score (nSPS) is 15.6. The van der Waals surface area contributed by atoms with Gasteiger partial charge in [-0.25, -0.2) is 0 Å². The molecule has 1 aromatic carbocycles. The Morgan fingerprint density at radius 1 is 1.00 bits per heavy atom. The molecule has 19 heavy (non-hydrogen) atoms. The highest BCUT2D eigenvalue weighted by atomic mass is 35.5. The summed E-state index contributed by atoms with van der Waals surface area (Å²) in [7, 11) is 4.34. The largest absolute Gasteiger partial charge is 0.304 e. The van der Waals surface area contributed by atoms with Crippen LogP contribution >= 0.6 is 12.4 Å². The van der Waals surface area contributed by atoms with Gasteiger partial charge in [0.25, 0.3) is 0 Å². The fraction of sp³-hybridized carbons (Fsp3) is 0.647. The molecule has 1 aromatic rings. The predicted molar refractivity (Wildman–Crippen MR) is 86.4 cm³/mol. The Balaban J connectivity index is 0.00000180. The summed E-state index contributed by atoms with van der Waals surface area (Å²) in [5.74, 6) is 0. The van der Waals surface area contributed by atoms with Crippen molar-refractivity contribution >= 4 is 12.4 Å². The number of benzene rings is 1. The molecular weight excluding hydrogens is 254 g/mol. The zero-order chi connectivity index (χ0) is 13.2. The van der Waals surface area contributed by atoms with E-state index >= 15 is 0 Å². The lowest BCUT2D eigenvalue weighted by Gasteiger charge is -2.33. The van der Waals surface area contributed by atoms with Crippen LogP contribution in [0.15, 0.2) is 18.2 Å². The van der Waals surface area contributed by atoms with Gasteiger partial charge < -0.3 is 4.90 Å². The van der Waals surface area contributed by atoms with Crippen molar-refractivity contribution in [1.82, 2.24) is 4.90 Å². The van der Waals surface area contributed by atoms with Crippen molar-refractivity contribution in [2.45, 2.75) is 57.9 Å². The minimum atomic E-state index is 0. The van der Waals surface area contributed by atoms with Crippen LogP contribution in [-0.4, -0.2) is 24.5 Å². The molecule has 0 amide bonds. The quantitative estimate of drug-likeness (QED) is 0.748. The molecular formula is C17H28ClN. The fourth-order valence-corrected chi connectivity index (χ4v) is 2.73. The van der Waals surface area contributed by atoms with Crippen LogP contribution in [0.3, 0.4) is 0 Å². The third-order valence-corrected chi connectivity index (χ3v) is 4.51. The Morgan fingerprint density at radius 3 is 2.26 bits per heavy atom. The van der Waals surface area contributed by atoms with E-state index in [9.17, 15) is 0 Å². The third kappa shape index (κ3) is 4.22. The zero-order valence-electron chi connectivity index (χ0n) is 12.8. The number of likely N-dealkylation sites (N-methyl/N-ethyl adjacent to an activating group) is 1. The average molecular weight is 282 g/mol. The molecule has 1 nitrogen and oxygen atoms in total. The van der Waals surface area contributed by atoms with Crippen LogP contribution in [0, 0.1) is 0 Å².